The minimum Gasteiger partial charge on any atom is -0.341 e. The fourth-order valence-electron chi connectivity index (χ4n) is 3.36. The molecule has 1 saturated heterocycles. The molecule has 102 valence electrons. The molecule has 5 heteroatoms. The van der Waals surface area contributed by atoms with Gasteiger partial charge < -0.3 is 14.8 Å². The highest BCUT2D eigenvalue weighted by Gasteiger charge is 2.35. The van der Waals surface area contributed by atoms with Crippen LogP contribution in [0.25, 0.3) is 0 Å². The fourth-order valence-corrected chi connectivity index (χ4v) is 3.36. The first-order valence-electron chi connectivity index (χ1n) is 6.81. The van der Waals surface area contributed by atoms with E-state index in [1.165, 1.54) is 0 Å². The van der Waals surface area contributed by atoms with Gasteiger partial charge in [-0.2, -0.15) is 0 Å². The van der Waals surface area contributed by atoms with Gasteiger partial charge in [0.15, 0.2) is 0 Å². The van der Waals surface area contributed by atoms with Gasteiger partial charge in [-0.3, -0.25) is 9.59 Å². The molecule has 2 aliphatic rings. The normalized spacial score (nSPS) is 25.0. The number of carbonyl (C=O) groups excluding carboxylic acids is 1. The lowest BCUT2D eigenvalue weighted by Gasteiger charge is -2.42. The van der Waals surface area contributed by atoms with Crippen LogP contribution in [0.3, 0.4) is 0 Å². The summed E-state index contributed by atoms with van der Waals surface area (Å²) in [6, 6.07) is 5.46. The van der Waals surface area contributed by atoms with E-state index in [1.54, 1.807) is 13.1 Å². The molecule has 19 heavy (non-hydrogen) atoms. The molecule has 1 aromatic heterocycles. The lowest BCUT2D eigenvalue weighted by molar-refractivity contribution is -0.132. The van der Waals surface area contributed by atoms with Gasteiger partial charge in [0, 0.05) is 37.3 Å². The van der Waals surface area contributed by atoms with Crippen molar-refractivity contribution in [3.05, 3.63) is 34.2 Å². The molecule has 0 spiro atoms. The molecule has 1 amide bonds. The number of rotatable bonds is 2. The maximum absolute atomic E-state index is 12.0. The SMILES string of the molecule is CNCC(=O)N1CC2CC(C1)c1cccc(=O)n1C2. The summed E-state index contributed by atoms with van der Waals surface area (Å²) in [7, 11) is 1.79. The third-order valence-electron chi connectivity index (χ3n) is 4.16. The Morgan fingerprint density at radius 2 is 2.21 bits per heavy atom. The molecule has 1 N–H and O–H groups in total. The summed E-state index contributed by atoms with van der Waals surface area (Å²) < 4.78 is 1.89. The van der Waals surface area contributed by atoms with Crippen molar-refractivity contribution in [2.45, 2.75) is 18.9 Å². The third kappa shape index (κ3) is 2.18. The van der Waals surface area contributed by atoms with E-state index in [-0.39, 0.29) is 11.5 Å². The highest BCUT2D eigenvalue weighted by molar-refractivity contribution is 5.78. The number of likely N-dealkylation sites (tertiary alicyclic amines) is 1. The minimum atomic E-state index is 0.0854. The summed E-state index contributed by atoms with van der Waals surface area (Å²) in [5.74, 6) is 0.873. The average molecular weight is 261 g/mol. The van der Waals surface area contributed by atoms with Crippen molar-refractivity contribution in [2.24, 2.45) is 5.92 Å². The van der Waals surface area contributed by atoms with E-state index < -0.39 is 0 Å². The number of hydrogen-bond donors (Lipinski definition) is 1. The van der Waals surface area contributed by atoms with Gasteiger partial charge in [0.2, 0.25) is 5.91 Å². The zero-order valence-electron chi connectivity index (χ0n) is 11.1. The molecule has 1 fully saturated rings. The monoisotopic (exact) mass is 261 g/mol. The van der Waals surface area contributed by atoms with Crippen LogP contribution in [0.15, 0.2) is 23.0 Å². The number of fused-ring (bicyclic) bond motifs is 4. The maximum Gasteiger partial charge on any atom is 0.250 e. The first-order chi connectivity index (χ1) is 9.19. The van der Waals surface area contributed by atoms with Crippen LogP contribution in [-0.2, 0) is 11.3 Å². The van der Waals surface area contributed by atoms with E-state index in [9.17, 15) is 9.59 Å². The lowest BCUT2D eigenvalue weighted by Crippen LogP contribution is -2.50. The van der Waals surface area contributed by atoms with Gasteiger partial charge in [-0.15, -0.1) is 0 Å². The van der Waals surface area contributed by atoms with Gasteiger partial charge in [-0.05, 0) is 25.5 Å². The van der Waals surface area contributed by atoms with E-state index in [0.29, 0.717) is 18.4 Å². The van der Waals surface area contributed by atoms with E-state index in [0.717, 1.165) is 31.7 Å². The average Bonchev–Trinajstić information content (AvgIpc) is 2.40. The number of aromatic nitrogens is 1. The molecule has 2 unspecified atom stereocenters. The number of carbonyl (C=O) groups is 1. The van der Waals surface area contributed by atoms with Gasteiger partial charge in [-0.25, -0.2) is 0 Å². The van der Waals surface area contributed by atoms with E-state index in [2.05, 4.69) is 5.32 Å². The molecule has 2 atom stereocenters. The highest BCUT2D eigenvalue weighted by atomic mass is 16.2. The van der Waals surface area contributed by atoms with Gasteiger partial charge in [0.25, 0.3) is 5.56 Å². The Kier molecular flexibility index (Phi) is 3.14. The van der Waals surface area contributed by atoms with Crippen LogP contribution in [0.2, 0.25) is 0 Å². The Morgan fingerprint density at radius 1 is 1.37 bits per heavy atom. The largest absolute Gasteiger partial charge is 0.341 e. The number of pyridine rings is 1. The Labute approximate surface area is 112 Å². The minimum absolute atomic E-state index is 0.0854. The van der Waals surface area contributed by atoms with Gasteiger partial charge in [0.1, 0.15) is 0 Å². The van der Waals surface area contributed by atoms with Crippen LogP contribution in [-0.4, -0.2) is 42.1 Å². The standard InChI is InChI=1S/C14H19N3O2/c1-15-6-14(19)16-7-10-5-11(9-16)12-3-2-4-13(18)17(12)8-10/h2-4,10-11,15H,5-9H2,1H3. The molecule has 2 bridgehead atoms. The van der Waals surface area contributed by atoms with Crippen molar-refractivity contribution in [1.82, 2.24) is 14.8 Å². The summed E-state index contributed by atoms with van der Waals surface area (Å²) >= 11 is 0. The maximum atomic E-state index is 12.0. The summed E-state index contributed by atoms with van der Waals surface area (Å²) in [5.41, 5.74) is 1.17. The molecule has 5 nitrogen and oxygen atoms in total. The van der Waals surface area contributed by atoms with Gasteiger partial charge >= 0.3 is 0 Å². The summed E-state index contributed by atoms with van der Waals surface area (Å²) in [6.07, 6.45) is 1.09. The number of nitrogens with zero attached hydrogens (tertiary/aromatic N) is 2. The summed E-state index contributed by atoms with van der Waals surface area (Å²) in [4.78, 5) is 25.8. The van der Waals surface area contributed by atoms with Crippen molar-refractivity contribution >= 4 is 5.91 Å². The molecular weight excluding hydrogens is 242 g/mol. The van der Waals surface area contributed by atoms with Crippen molar-refractivity contribution < 1.29 is 4.79 Å². The van der Waals surface area contributed by atoms with Crippen LogP contribution in [0, 0.1) is 5.92 Å². The number of hydrogen-bond acceptors (Lipinski definition) is 3. The lowest BCUT2D eigenvalue weighted by atomic mass is 9.83. The Balaban J connectivity index is 1.88. The molecule has 0 saturated carbocycles. The van der Waals surface area contributed by atoms with Gasteiger partial charge in [0.05, 0.1) is 6.54 Å². The molecule has 2 aliphatic heterocycles. The van der Waals surface area contributed by atoms with Crippen molar-refractivity contribution in [1.29, 1.82) is 0 Å². The van der Waals surface area contributed by atoms with Crippen LogP contribution < -0.4 is 10.9 Å². The van der Waals surface area contributed by atoms with Crippen molar-refractivity contribution in [3.63, 3.8) is 0 Å². The van der Waals surface area contributed by atoms with E-state index in [4.69, 9.17) is 0 Å². The van der Waals surface area contributed by atoms with Crippen LogP contribution in [0.4, 0.5) is 0 Å². The molecule has 3 rings (SSSR count). The number of piperidine rings is 1. The van der Waals surface area contributed by atoms with Crippen molar-refractivity contribution in [3.8, 4) is 0 Å². The van der Waals surface area contributed by atoms with E-state index in [1.807, 2.05) is 21.6 Å². The molecule has 0 radical (unpaired) electrons. The Hall–Kier alpha value is -1.62. The Bertz CT molecular complexity index is 552. The third-order valence-corrected chi connectivity index (χ3v) is 4.16. The quantitative estimate of drug-likeness (QED) is 0.816. The second-order valence-corrected chi connectivity index (χ2v) is 5.53. The second-order valence-electron chi connectivity index (χ2n) is 5.53. The van der Waals surface area contributed by atoms with E-state index >= 15 is 0 Å². The topological polar surface area (TPSA) is 54.3 Å². The first kappa shape index (κ1) is 12.4. The summed E-state index contributed by atoms with van der Waals surface area (Å²) in [6.45, 7) is 2.65. The molecule has 0 aliphatic carbocycles. The smallest absolute Gasteiger partial charge is 0.250 e. The Morgan fingerprint density at radius 3 is 3.00 bits per heavy atom. The predicted molar refractivity (Wildman–Crippen MR) is 72.1 cm³/mol. The van der Waals surface area contributed by atoms with Crippen LogP contribution in [0.5, 0.6) is 0 Å². The number of nitrogens with one attached hydrogen (secondary N) is 1. The van der Waals surface area contributed by atoms with Crippen LogP contribution >= 0.6 is 0 Å². The molecule has 0 aromatic carbocycles. The molecule has 1 aromatic rings. The van der Waals surface area contributed by atoms with Crippen molar-refractivity contribution in [2.75, 3.05) is 26.7 Å². The zero-order chi connectivity index (χ0) is 13.4. The number of amides is 1. The second kappa shape index (κ2) is 4.81. The van der Waals surface area contributed by atoms with Crippen LogP contribution in [0.1, 0.15) is 18.0 Å². The highest BCUT2D eigenvalue weighted by Crippen LogP contribution is 2.34. The predicted octanol–water partition coefficient (Wildman–Crippen LogP) is 0.0134. The summed E-state index contributed by atoms with van der Waals surface area (Å²) in [5, 5.41) is 2.91. The number of likely N-dealkylation sites (N-methyl/N-ethyl adjacent to an activating group) is 1. The fraction of sp³-hybridized carbons (Fsp3) is 0.571. The molecule has 3 heterocycles. The van der Waals surface area contributed by atoms with Gasteiger partial charge in [-0.1, -0.05) is 6.07 Å². The zero-order valence-corrected chi connectivity index (χ0v) is 11.1. The molecular formula is C14H19N3O2. The first-order valence-corrected chi connectivity index (χ1v) is 6.81.